The summed E-state index contributed by atoms with van der Waals surface area (Å²) >= 11 is 0. The van der Waals surface area contributed by atoms with Crippen molar-refractivity contribution in [2.24, 2.45) is 0 Å². The van der Waals surface area contributed by atoms with Gasteiger partial charge in [0.25, 0.3) is 5.56 Å². The molecule has 0 spiro atoms. The van der Waals surface area contributed by atoms with E-state index in [1.807, 2.05) is 0 Å². The lowest BCUT2D eigenvalue weighted by Crippen LogP contribution is -2.60. The predicted octanol–water partition coefficient (Wildman–Crippen LogP) is 1.81. The second kappa shape index (κ2) is 10.0. The molecule has 1 aliphatic heterocycles. The topological polar surface area (TPSA) is 137 Å². The van der Waals surface area contributed by atoms with E-state index in [2.05, 4.69) is 0 Å². The fraction of sp³-hybridized carbons (Fsp3) is 0.250. The lowest BCUT2D eigenvalue weighted by molar-refractivity contribution is -0.304. The van der Waals surface area contributed by atoms with Crippen LogP contribution in [0.3, 0.4) is 0 Å². The van der Waals surface area contributed by atoms with Crippen LogP contribution in [-0.2, 0) is 14.2 Å². The minimum Gasteiger partial charge on any atom is -0.459 e. The van der Waals surface area contributed by atoms with Gasteiger partial charge in [-0.25, -0.2) is 14.4 Å². The van der Waals surface area contributed by atoms with Crippen molar-refractivity contribution in [2.75, 3.05) is 6.61 Å². The highest BCUT2D eigenvalue weighted by Gasteiger charge is 2.73. The van der Waals surface area contributed by atoms with Crippen LogP contribution in [0.1, 0.15) is 26.9 Å². The van der Waals surface area contributed by atoms with Crippen LogP contribution in [0.15, 0.2) is 82.5 Å². The molecule has 1 aliphatic rings. The molecule has 2 N–H and O–H groups in total. The van der Waals surface area contributed by atoms with Crippen molar-refractivity contribution >= 4 is 11.9 Å². The number of carbonyl (C=O) groups excluding carboxylic acids is 2. The molecule has 1 fully saturated rings. The molecule has 0 aliphatic carbocycles. The Bertz CT molecular complexity index is 1390. The summed E-state index contributed by atoms with van der Waals surface area (Å²) in [6, 6.07) is 15.3. The normalized spacial score (nSPS) is 23.4. The van der Waals surface area contributed by atoms with E-state index in [0.717, 1.165) is 6.07 Å². The standard InChI is InChI=1S/C24H19F3N2O8/c25-24(26,27)23(34)18(37-20(32)15-9-5-2-6-10-15)16(13-35-19(31)14-7-3-1-4-8-14)36-21(23)29-12-11-17(30)28-22(29)33/h1-12,16,18,21,34H,13H2,(H,28,30,33)/t16-,18-,21-,23-/m1/s1. The number of halogens is 3. The van der Waals surface area contributed by atoms with Crippen molar-refractivity contribution in [3.63, 3.8) is 0 Å². The van der Waals surface area contributed by atoms with Gasteiger partial charge in [-0.3, -0.25) is 14.3 Å². The van der Waals surface area contributed by atoms with Gasteiger partial charge in [0.2, 0.25) is 5.60 Å². The molecule has 2 aromatic carbocycles. The first kappa shape index (κ1) is 25.9. The van der Waals surface area contributed by atoms with Gasteiger partial charge in [-0.2, -0.15) is 13.2 Å². The average Bonchev–Trinajstić information content (AvgIpc) is 3.16. The largest absolute Gasteiger partial charge is 0.459 e. The maximum atomic E-state index is 14.4. The van der Waals surface area contributed by atoms with E-state index < -0.39 is 60.0 Å². The monoisotopic (exact) mass is 520 g/mol. The lowest BCUT2D eigenvalue weighted by atomic mass is 9.92. The minimum absolute atomic E-state index is 0.0813. The number of hydrogen-bond donors (Lipinski definition) is 2. The zero-order valence-corrected chi connectivity index (χ0v) is 18.8. The number of H-pyrrole nitrogens is 1. The van der Waals surface area contributed by atoms with Gasteiger partial charge >= 0.3 is 23.8 Å². The van der Waals surface area contributed by atoms with Gasteiger partial charge in [0.1, 0.15) is 12.7 Å². The van der Waals surface area contributed by atoms with Gasteiger partial charge in [0.05, 0.1) is 11.1 Å². The van der Waals surface area contributed by atoms with Gasteiger partial charge in [-0.15, -0.1) is 0 Å². The molecule has 194 valence electrons. The molecule has 1 aromatic heterocycles. The predicted molar refractivity (Wildman–Crippen MR) is 119 cm³/mol. The number of aromatic amines is 1. The molecule has 3 aromatic rings. The summed E-state index contributed by atoms with van der Waals surface area (Å²) in [5.74, 6) is -2.15. The number of hydrogen-bond acceptors (Lipinski definition) is 8. The van der Waals surface area contributed by atoms with Gasteiger partial charge in [0.15, 0.2) is 12.3 Å². The molecule has 0 radical (unpaired) electrons. The van der Waals surface area contributed by atoms with Gasteiger partial charge in [-0.1, -0.05) is 36.4 Å². The highest BCUT2D eigenvalue weighted by Crippen LogP contribution is 2.49. The van der Waals surface area contributed by atoms with Crippen LogP contribution in [0.5, 0.6) is 0 Å². The van der Waals surface area contributed by atoms with Crippen molar-refractivity contribution < 1.29 is 42.1 Å². The van der Waals surface area contributed by atoms with Gasteiger partial charge in [0, 0.05) is 12.3 Å². The molecule has 0 bridgehead atoms. The molecule has 2 heterocycles. The number of rotatable bonds is 6. The van der Waals surface area contributed by atoms with Crippen molar-refractivity contribution in [1.29, 1.82) is 0 Å². The van der Waals surface area contributed by atoms with Crippen LogP contribution in [0.4, 0.5) is 13.2 Å². The third-order valence-electron chi connectivity index (χ3n) is 5.64. The van der Waals surface area contributed by atoms with Gasteiger partial charge in [-0.05, 0) is 24.3 Å². The van der Waals surface area contributed by atoms with Crippen LogP contribution in [0.25, 0.3) is 0 Å². The molecule has 0 unspecified atom stereocenters. The molecule has 13 heteroatoms. The first-order valence-electron chi connectivity index (χ1n) is 10.8. The van der Waals surface area contributed by atoms with Crippen LogP contribution in [0.2, 0.25) is 0 Å². The van der Waals surface area contributed by atoms with Crippen molar-refractivity contribution in [3.05, 3.63) is 105 Å². The second-order valence-corrected chi connectivity index (χ2v) is 8.02. The number of alkyl halides is 3. The second-order valence-electron chi connectivity index (χ2n) is 8.02. The van der Waals surface area contributed by atoms with Crippen LogP contribution >= 0.6 is 0 Å². The molecule has 1 saturated heterocycles. The van der Waals surface area contributed by atoms with E-state index in [4.69, 9.17) is 14.2 Å². The number of nitrogens with one attached hydrogen (secondary N) is 1. The number of carbonyl (C=O) groups is 2. The fourth-order valence-corrected chi connectivity index (χ4v) is 3.82. The van der Waals surface area contributed by atoms with E-state index in [1.54, 1.807) is 17.1 Å². The number of aliphatic hydroxyl groups is 1. The minimum atomic E-state index is -5.52. The number of aromatic nitrogens is 2. The Morgan fingerprint density at radius 3 is 2.08 bits per heavy atom. The summed E-state index contributed by atoms with van der Waals surface area (Å²) < 4.78 is 59.1. The Morgan fingerprint density at radius 1 is 0.973 bits per heavy atom. The van der Waals surface area contributed by atoms with Crippen LogP contribution in [0, 0.1) is 0 Å². The smallest absolute Gasteiger partial charge is 0.425 e. The quantitative estimate of drug-likeness (QED) is 0.470. The number of ether oxygens (including phenoxy) is 3. The summed E-state index contributed by atoms with van der Waals surface area (Å²) in [5.41, 5.74) is -6.26. The van der Waals surface area contributed by atoms with Crippen LogP contribution < -0.4 is 11.2 Å². The van der Waals surface area contributed by atoms with Crippen molar-refractivity contribution in [3.8, 4) is 0 Å². The molecule has 0 saturated carbocycles. The molecular formula is C24H19F3N2O8. The molecule has 0 amide bonds. The molecule has 4 rings (SSSR count). The number of esters is 2. The summed E-state index contributed by atoms with van der Waals surface area (Å²) in [6.07, 6.45) is -11.7. The lowest BCUT2D eigenvalue weighted by Gasteiger charge is -2.35. The Hall–Kier alpha value is -4.23. The average molecular weight is 520 g/mol. The van der Waals surface area contributed by atoms with Crippen LogP contribution in [-0.4, -0.2) is 57.2 Å². The zero-order valence-electron chi connectivity index (χ0n) is 18.8. The van der Waals surface area contributed by atoms with E-state index in [-0.39, 0.29) is 11.1 Å². The van der Waals surface area contributed by atoms with Crippen molar-refractivity contribution in [2.45, 2.75) is 30.2 Å². The summed E-state index contributed by atoms with van der Waals surface area (Å²) in [5, 5.41) is 11.0. The Balaban J connectivity index is 1.73. The molecule has 37 heavy (non-hydrogen) atoms. The fourth-order valence-electron chi connectivity index (χ4n) is 3.82. The zero-order chi connectivity index (χ0) is 26.8. The molecule has 10 nitrogen and oxygen atoms in total. The first-order valence-corrected chi connectivity index (χ1v) is 10.8. The Kier molecular flexibility index (Phi) is 7.01. The molecule has 4 atom stereocenters. The summed E-state index contributed by atoms with van der Waals surface area (Å²) in [7, 11) is 0. The third kappa shape index (κ3) is 5.04. The Morgan fingerprint density at radius 2 is 1.54 bits per heavy atom. The summed E-state index contributed by atoms with van der Waals surface area (Å²) in [4.78, 5) is 50.6. The van der Waals surface area contributed by atoms with Gasteiger partial charge < -0.3 is 19.3 Å². The summed E-state index contributed by atoms with van der Waals surface area (Å²) in [6.45, 7) is -0.881. The highest BCUT2D eigenvalue weighted by molar-refractivity contribution is 5.90. The molecular weight excluding hydrogens is 501 g/mol. The van der Waals surface area contributed by atoms with E-state index in [9.17, 15) is 37.5 Å². The van der Waals surface area contributed by atoms with E-state index in [1.165, 1.54) is 48.5 Å². The highest BCUT2D eigenvalue weighted by atomic mass is 19.4. The number of nitrogens with zero attached hydrogens (tertiary/aromatic N) is 1. The third-order valence-corrected chi connectivity index (χ3v) is 5.64. The Labute approximate surface area is 205 Å². The van der Waals surface area contributed by atoms with Crippen molar-refractivity contribution in [1.82, 2.24) is 9.55 Å². The first-order chi connectivity index (χ1) is 17.5. The van der Waals surface area contributed by atoms with E-state index >= 15 is 0 Å². The maximum absolute atomic E-state index is 14.4. The number of benzene rings is 2. The maximum Gasteiger partial charge on any atom is 0.425 e. The SMILES string of the molecule is O=C(OC[C@H]1O[C@@H](n2ccc(=O)[nH]c2=O)[C@@](O)(C(F)(F)F)[C@@H]1OC(=O)c1ccccc1)c1ccccc1. The van der Waals surface area contributed by atoms with E-state index in [0.29, 0.717) is 10.8 Å².